The minimum absolute atomic E-state index is 0.0360. The Labute approximate surface area is 314 Å². The molecule has 2 heterocycles. The van der Waals surface area contributed by atoms with Gasteiger partial charge in [-0.1, -0.05) is 53.2 Å². The molecule has 6 fully saturated rings. The van der Waals surface area contributed by atoms with Gasteiger partial charge in [-0.05, 0) is 111 Å². The van der Waals surface area contributed by atoms with E-state index in [1.165, 1.54) is 12.5 Å². The zero-order valence-corrected chi connectivity index (χ0v) is 32.7. The maximum absolute atomic E-state index is 13.0. The van der Waals surface area contributed by atoms with E-state index >= 15 is 0 Å². The van der Waals surface area contributed by atoms with Crippen molar-refractivity contribution < 1.29 is 59.5 Å². The van der Waals surface area contributed by atoms with Crippen LogP contribution >= 0.6 is 0 Å². The summed E-state index contributed by atoms with van der Waals surface area (Å²) in [5.74, 6) is -0.194. The van der Waals surface area contributed by atoms with Crippen molar-refractivity contribution in [2.24, 2.45) is 50.2 Å². The number of carboxylic acid groups (broad SMARTS) is 1. The van der Waals surface area contributed by atoms with Gasteiger partial charge in [0.2, 0.25) is 0 Å². The van der Waals surface area contributed by atoms with Crippen molar-refractivity contribution in [1.82, 2.24) is 0 Å². The zero-order chi connectivity index (χ0) is 38.7. The molecule has 7 unspecified atom stereocenters. The first kappa shape index (κ1) is 40.0. The van der Waals surface area contributed by atoms with Gasteiger partial charge in [-0.3, -0.25) is 4.79 Å². The summed E-state index contributed by atoms with van der Waals surface area (Å²) >= 11 is 0. The Balaban J connectivity index is 1.15. The van der Waals surface area contributed by atoms with E-state index in [1.54, 1.807) is 0 Å². The zero-order valence-electron chi connectivity index (χ0n) is 32.7. The molecule has 7 aliphatic rings. The van der Waals surface area contributed by atoms with Crippen LogP contribution in [-0.2, 0) is 23.7 Å². The highest BCUT2D eigenvalue weighted by atomic mass is 16.8. The molecule has 12 nitrogen and oxygen atoms in total. The Morgan fingerprint density at radius 1 is 0.830 bits per heavy atom. The van der Waals surface area contributed by atoms with Gasteiger partial charge in [0.1, 0.15) is 36.6 Å². The Kier molecular flexibility index (Phi) is 10.2. The van der Waals surface area contributed by atoms with Crippen LogP contribution < -0.4 is 0 Å². The Hall–Kier alpha value is -1.19. The minimum atomic E-state index is -1.62. The van der Waals surface area contributed by atoms with E-state index in [2.05, 4.69) is 47.6 Å². The number of aliphatic hydroxyl groups is 6. The summed E-state index contributed by atoms with van der Waals surface area (Å²) in [6.45, 7) is 15.1. The SMILES string of the molecule is C[C@@H]1O[C@@H](O[C@H]2[C@H](OC3CCC4(C)C5CC=C6C7CC(C)(C)CCC7(C(=O)O)CC[C@@]6(C)C5(C)CCC4[C@]3(C)CO)OC[C@H](O)[C@@H]2O)[C@H](O)[C@H](O)[C@H]1O. The molecular formula is C41H66O12. The molecule has 302 valence electrons. The molecule has 53 heavy (non-hydrogen) atoms. The number of aliphatic carboxylic acids is 1. The second-order valence-electron chi connectivity index (χ2n) is 20.0. The molecule has 4 saturated carbocycles. The molecule has 0 aromatic heterocycles. The van der Waals surface area contributed by atoms with Gasteiger partial charge in [-0.2, -0.15) is 0 Å². The van der Waals surface area contributed by atoms with E-state index in [4.69, 9.17) is 18.9 Å². The van der Waals surface area contributed by atoms with Crippen LogP contribution in [0.4, 0.5) is 0 Å². The van der Waals surface area contributed by atoms with Crippen molar-refractivity contribution >= 4 is 5.97 Å². The molecule has 0 radical (unpaired) electrons. The number of ether oxygens (including phenoxy) is 4. The predicted octanol–water partition coefficient (Wildman–Crippen LogP) is 3.52. The van der Waals surface area contributed by atoms with E-state index in [1.807, 2.05) is 0 Å². The Morgan fingerprint density at radius 2 is 1.53 bits per heavy atom. The second kappa shape index (κ2) is 13.5. The lowest BCUT2D eigenvalue weighted by Gasteiger charge is -2.71. The van der Waals surface area contributed by atoms with Crippen LogP contribution in [0.5, 0.6) is 0 Å². The summed E-state index contributed by atoms with van der Waals surface area (Å²) in [6.07, 6.45) is -1.79. The summed E-state index contributed by atoms with van der Waals surface area (Å²) in [6, 6.07) is 0. The maximum Gasteiger partial charge on any atom is 0.310 e. The summed E-state index contributed by atoms with van der Waals surface area (Å²) in [5.41, 5.74) is -0.239. The first-order valence-electron chi connectivity index (χ1n) is 20.2. The van der Waals surface area contributed by atoms with E-state index < -0.39 is 78.2 Å². The molecule has 7 N–H and O–H groups in total. The van der Waals surface area contributed by atoms with E-state index in [9.17, 15) is 40.5 Å². The third-order valence-electron chi connectivity index (χ3n) is 17.0. The number of rotatable bonds is 6. The predicted molar refractivity (Wildman–Crippen MR) is 192 cm³/mol. The van der Waals surface area contributed by atoms with Crippen molar-refractivity contribution in [2.45, 2.75) is 174 Å². The van der Waals surface area contributed by atoms with Crippen molar-refractivity contribution in [2.75, 3.05) is 13.2 Å². The van der Waals surface area contributed by atoms with Crippen LogP contribution in [0.25, 0.3) is 0 Å². The van der Waals surface area contributed by atoms with E-state index in [0.29, 0.717) is 18.8 Å². The molecule has 2 saturated heterocycles. The summed E-state index contributed by atoms with van der Waals surface area (Å²) in [7, 11) is 0. The highest BCUT2D eigenvalue weighted by Crippen LogP contribution is 2.76. The van der Waals surface area contributed by atoms with Gasteiger partial charge in [0, 0.05) is 5.41 Å². The van der Waals surface area contributed by atoms with Crippen LogP contribution in [-0.4, -0.2) is 116 Å². The number of hydrogen-bond donors (Lipinski definition) is 7. The number of hydrogen-bond acceptors (Lipinski definition) is 11. The molecule has 5 aliphatic carbocycles. The highest BCUT2D eigenvalue weighted by molar-refractivity contribution is 5.76. The number of allylic oxidation sites excluding steroid dienone is 2. The van der Waals surface area contributed by atoms with Gasteiger partial charge in [0.25, 0.3) is 0 Å². The van der Waals surface area contributed by atoms with Gasteiger partial charge < -0.3 is 54.7 Å². The van der Waals surface area contributed by atoms with Crippen LogP contribution in [0, 0.1) is 50.2 Å². The first-order chi connectivity index (χ1) is 24.7. The topological polar surface area (TPSA) is 196 Å². The van der Waals surface area contributed by atoms with Gasteiger partial charge in [-0.15, -0.1) is 0 Å². The Morgan fingerprint density at radius 3 is 2.21 bits per heavy atom. The number of carbonyl (C=O) groups is 1. The molecule has 2 aliphatic heterocycles. The normalized spacial score (nSPS) is 55.1. The molecular weight excluding hydrogens is 684 g/mol. The third kappa shape index (κ3) is 5.85. The smallest absolute Gasteiger partial charge is 0.310 e. The van der Waals surface area contributed by atoms with Gasteiger partial charge in [0.05, 0.1) is 30.8 Å². The first-order valence-corrected chi connectivity index (χ1v) is 20.2. The molecule has 0 bridgehead atoms. The average molecular weight is 751 g/mol. The van der Waals surface area contributed by atoms with Crippen LogP contribution in [0.2, 0.25) is 0 Å². The lowest BCUT2D eigenvalue weighted by molar-refractivity contribution is -0.365. The molecule has 18 atom stereocenters. The van der Waals surface area contributed by atoms with Crippen molar-refractivity contribution in [1.29, 1.82) is 0 Å². The van der Waals surface area contributed by atoms with Crippen molar-refractivity contribution in [3.05, 3.63) is 11.6 Å². The van der Waals surface area contributed by atoms with Crippen LogP contribution in [0.15, 0.2) is 11.6 Å². The molecule has 7 rings (SSSR count). The second-order valence-corrected chi connectivity index (χ2v) is 20.0. The van der Waals surface area contributed by atoms with Gasteiger partial charge in [0.15, 0.2) is 12.6 Å². The fraction of sp³-hybridized carbons (Fsp3) is 0.927. The molecule has 0 aromatic carbocycles. The standard InChI is InChI=1S/C41H66O12/c1-21-28(44)30(46)31(47)33(51-21)53-32-29(45)24(43)19-50-34(32)52-27-11-12-37(4)25(38(27,5)20-42)10-13-40(7)26(37)9-8-22-23-18-36(2,3)14-16-41(23,35(48)49)17-15-39(22,40)6/h8,21,23-34,42-47H,9-20H2,1-7H3,(H,48,49)/t21-,23?,24-,25?,26?,27?,28-,29-,30+,31+,32+,33-,34-,37?,38-,39+,40?,41?/m0/s1. The maximum atomic E-state index is 13.0. The van der Waals surface area contributed by atoms with Crippen LogP contribution in [0.3, 0.4) is 0 Å². The molecule has 0 spiro atoms. The van der Waals surface area contributed by atoms with E-state index in [0.717, 1.165) is 51.4 Å². The Bertz CT molecular complexity index is 1440. The van der Waals surface area contributed by atoms with Crippen molar-refractivity contribution in [3.63, 3.8) is 0 Å². The summed E-state index contributed by atoms with van der Waals surface area (Å²) < 4.78 is 24.3. The van der Waals surface area contributed by atoms with Crippen molar-refractivity contribution in [3.8, 4) is 0 Å². The lowest BCUT2D eigenvalue weighted by atomic mass is 9.33. The molecule has 0 aromatic rings. The largest absolute Gasteiger partial charge is 0.481 e. The van der Waals surface area contributed by atoms with E-state index in [-0.39, 0.29) is 46.7 Å². The third-order valence-corrected chi connectivity index (χ3v) is 17.0. The summed E-state index contributed by atoms with van der Waals surface area (Å²) in [5, 5.41) is 74.9. The highest BCUT2D eigenvalue weighted by Gasteiger charge is 2.70. The molecule has 0 amide bonds. The number of fused-ring (bicyclic) bond motifs is 7. The monoisotopic (exact) mass is 750 g/mol. The number of aliphatic hydroxyl groups excluding tert-OH is 6. The van der Waals surface area contributed by atoms with Crippen LogP contribution in [0.1, 0.15) is 113 Å². The number of carboxylic acids is 1. The lowest BCUT2D eigenvalue weighted by Crippen LogP contribution is -2.67. The van der Waals surface area contributed by atoms with Gasteiger partial charge in [-0.25, -0.2) is 0 Å². The fourth-order valence-electron chi connectivity index (χ4n) is 13.3. The summed E-state index contributed by atoms with van der Waals surface area (Å²) in [4.78, 5) is 13.0. The minimum Gasteiger partial charge on any atom is -0.481 e. The fourth-order valence-corrected chi connectivity index (χ4v) is 13.3. The molecule has 12 heteroatoms. The quantitative estimate of drug-likeness (QED) is 0.155. The average Bonchev–Trinajstić information content (AvgIpc) is 3.10. The van der Waals surface area contributed by atoms with Gasteiger partial charge >= 0.3 is 5.97 Å².